The van der Waals surface area contributed by atoms with Crippen molar-refractivity contribution in [3.05, 3.63) is 35.9 Å². The molecule has 0 spiro atoms. The predicted molar refractivity (Wildman–Crippen MR) is 75.6 cm³/mol. The van der Waals surface area contributed by atoms with Gasteiger partial charge in [0.2, 0.25) is 0 Å². The smallest absolute Gasteiger partial charge is 0.0449 e. The number of nitrogens with zero attached hydrogens (tertiary/aromatic N) is 1. The lowest BCUT2D eigenvalue weighted by Crippen LogP contribution is -2.50. The molecule has 1 aromatic rings. The fourth-order valence-corrected chi connectivity index (χ4v) is 3.34. The molecule has 2 nitrogen and oxygen atoms in total. The highest BCUT2D eigenvalue weighted by Crippen LogP contribution is 2.41. The molecule has 98 valence electrons. The van der Waals surface area contributed by atoms with Crippen LogP contribution < -0.4 is 5.32 Å². The first-order chi connectivity index (χ1) is 8.75. The summed E-state index contributed by atoms with van der Waals surface area (Å²) in [5, 5.41) is 3.65. The summed E-state index contributed by atoms with van der Waals surface area (Å²) in [5.74, 6) is 0. The van der Waals surface area contributed by atoms with Crippen molar-refractivity contribution in [2.45, 2.75) is 32.2 Å². The Kier molecular flexibility index (Phi) is 3.40. The van der Waals surface area contributed by atoms with E-state index in [1.54, 1.807) is 0 Å². The van der Waals surface area contributed by atoms with E-state index in [1.807, 2.05) is 0 Å². The van der Waals surface area contributed by atoms with E-state index < -0.39 is 0 Å². The highest BCUT2D eigenvalue weighted by atomic mass is 15.2. The van der Waals surface area contributed by atoms with Crippen LogP contribution in [0.25, 0.3) is 0 Å². The van der Waals surface area contributed by atoms with Crippen LogP contribution in [0.15, 0.2) is 30.3 Å². The normalized spacial score (nSPS) is 27.7. The number of piperazine rings is 1. The van der Waals surface area contributed by atoms with Crippen molar-refractivity contribution >= 4 is 0 Å². The first-order valence-corrected chi connectivity index (χ1v) is 7.26. The zero-order valence-electron chi connectivity index (χ0n) is 11.4. The Balaban J connectivity index is 1.62. The van der Waals surface area contributed by atoms with Crippen molar-refractivity contribution < 1.29 is 0 Å². The molecule has 1 saturated heterocycles. The van der Waals surface area contributed by atoms with Crippen molar-refractivity contribution in [2.24, 2.45) is 5.41 Å². The zero-order chi connectivity index (χ0) is 12.4. The largest absolute Gasteiger partial charge is 0.308 e. The third-order valence-electron chi connectivity index (χ3n) is 4.63. The molecule has 0 aromatic heterocycles. The molecule has 1 heterocycles. The Bertz CT molecular complexity index is 383. The molecule has 2 fully saturated rings. The van der Waals surface area contributed by atoms with E-state index in [1.165, 1.54) is 44.5 Å². The van der Waals surface area contributed by atoms with Crippen LogP contribution in [0.3, 0.4) is 0 Å². The highest BCUT2D eigenvalue weighted by molar-refractivity contribution is 5.19. The van der Waals surface area contributed by atoms with Gasteiger partial charge >= 0.3 is 0 Å². The summed E-state index contributed by atoms with van der Waals surface area (Å²) < 4.78 is 0. The maximum atomic E-state index is 3.65. The van der Waals surface area contributed by atoms with E-state index in [2.05, 4.69) is 47.5 Å². The van der Waals surface area contributed by atoms with Gasteiger partial charge in [0.05, 0.1) is 0 Å². The number of nitrogens with one attached hydrogen (secondary N) is 1. The van der Waals surface area contributed by atoms with E-state index in [9.17, 15) is 0 Å². The van der Waals surface area contributed by atoms with E-state index in [0.29, 0.717) is 11.5 Å². The summed E-state index contributed by atoms with van der Waals surface area (Å²) in [7, 11) is 0. The average molecular weight is 244 g/mol. The SMILES string of the molecule is CC1(CN2CCNC(c3ccccc3)C2)CCC1. The van der Waals surface area contributed by atoms with Crippen molar-refractivity contribution in [1.29, 1.82) is 0 Å². The predicted octanol–water partition coefficient (Wildman–Crippen LogP) is 2.82. The summed E-state index contributed by atoms with van der Waals surface area (Å²) in [6, 6.07) is 11.4. The molecule has 0 amide bonds. The molecule has 2 heteroatoms. The zero-order valence-corrected chi connectivity index (χ0v) is 11.4. The third kappa shape index (κ3) is 2.60. The Labute approximate surface area is 110 Å². The molecule has 1 aliphatic carbocycles. The molecule has 1 unspecified atom stereocenters. The van der Waals surface area contributed by atoms with Crippen molar-refractivity contribution in [1.82, 2.24) is 10.2 Å². The fraction of sp³-hybridized carbons (Fsp3) is 0.625. The number of rotatable bonds is 3. The van der Waals surface area contributed by atoms with E-state index in [0.717, 1.165) is 6.54 Å². The van der Waals surface area contributed by atoms with Crippen LogP contribution in [-0.4, -0.2) is 31.1 Å². The molecule has 1 saturated carbocycles. The second-order valence-corrected chi connectivity index (χ2v) is 6.32. The third-order valence-corrected chi connectivity index (χ3v) is 4.63. The molecule has 0 radical (unpaired) electrons. The fourth-order valence-electron chi connectivity index (χ4n) is 3.34. The lowest BCUT2D eigenvalue weighted by atomic mass is 9.70. The van der Waals surface area contributed by atoms with Crippen LogP contribution in [-0.2, 0) is 0 Å². The van der Waals surface area contributed by atoms with Crippen LogP contribution in [0.5, 0.6) is 0 Å². The molecule has 1 aromatic carbocycles. The Morgan fingerprint density at radius 3 is 2.72 bits per heavy atom. The van der Waals surface area contributed by atoms with Gasteiger partial charge in [-0.1, -0.05) is 43.7 Å². The first-order valence-electron chi connectivity index (χ1n) is 7.26. The highest BCUT2D eigenvalue weighted by Gasteiger charge is 2.34. The van der Waals surface area contributed by atoms with Gasteiger partial charge in [-0.05, 0) is 23.8 Å². The lowest BCUT2D eigenvalue weighted by molar-refractivity contribution is 0.0678. The van der Waals surface area contributed by atoms with Crippen molar-refractivity contribution in [2.75, 3.05) is 26.2 Å². The first kappa shape index (κ1) is 12.2. The minimum Gasteiger partial charge on any atom is -0.308 e. The van der Waals surface area contributed by atoms with Crippen LogP contribution in [0.1, 0.15) is 37.8 Å². The minimum absolute atomic E-state index is 0.517. The van der Waals surface area contributed by atoms with Gasteiger partial charge in [0.1, 0.15) is 0 Å². The molecule has 3 rings (SSSR count). The average Bonchev–Trinajstić information content (AvgIpc) is 2.38. The Morgan fingerprint density at radius 1 is 1.28 bits per heavy atom. The second kappa shape index (κ2) is 5.02. The molecular weight excluding hydrogens is 220 g/mol. The van der Waals surface area contributed by atoms with Crippen molar-refractivity contribution in [3.8, 4) is 0 Å². The maximum absolute atomic E-state index is 3.65. The number of hydrogen-bond acceptors (Lipinski definition) is 2. The molecule has 0 bridgehead atoms. The molecule has 1 atom stereocenters. The van der Waals surface area contributed by atoms with Crippen LogP contribution >= 0.6 is 0 Å². The quantitative estimate of drug-likeness (QED) is 0.879. The van der Waals surface area contributed by atoms with Gasteiger partial charge in [0.25, 0.3) is 0 Å². The summed E-state index contributed by atoms with van der Waals surface area (Å²) in [6.45, 7) is 7.24. The van der Waals surface area contributed by atoms with Crippen LogP contribution in [0.2, 0.25) is 0 Å². The van der Waals surface area contributed by atoms with Gasteiger partial charge in [0.15, 0.2) is 0 Å². The van der Waals surface area contributed by atoms with Crippen LogP contribution in [0.4, 0.5) is 0 Å². The maximum Gasteiger partial charge on any atom is 0.0449 e. The topological polar surface area (TPSA) is 15.3 Å². The molecular formula is C16H24N2. The molecule has 2 aliphatic rings. The van der Waals surface area contributed by atoms with Gasteiger partial charge in [-0.2, -0.15) is 0 Å². The number of hydrogen-bond donors (Lipinski definition) is 1. The van der Waals surface area contributed by atoms with E-state index in [-0.39, 0.29) is 0 Å². The summed E-state index contributed by atoms with van der Waals surface area (Å²) in [6.07, 6.45) is 4.28. The van der Waals surface area contributed by atoms with Gasteiger partial charge in [-0.15, -0.1) is 0 Å². The standard InChI is InChI=1S/C16H24N2/c1-16(8-5-9-16)13-18-11-10-17-15(12-18)14-6-3-2-4-7-14/h2-4,6-7,15,17H,5,8-13H2,1H3. The second-order valence-electron chi connectivity index (χ2n) is 6.32. The molecule has 1 N–H and O–H groups in total. The van der Waals surface area contributed by atoms with E-state index in [4.69, 9.17) is 0 Å². The Hall–Kier alpha value is -0.860. The monoisotopic (exact) mass is 244 g/mol. The van der Waals surface area contributed by atoms with Gasteiger partial charge < -0.3 is 5.32 Å². The summed E-state index contributed by atoms with van der Waals surface area (Å²) >= 11 is 0. The molecule has 1 aliphatic heterocycles. The van der Waals surface area contributed by atoms with Gasteiger partial charge in [-0.25, -0.2) is 0 Å². The van der Waals surface area contributed by atoms with Gasteiger partial charge in [-0.3, -0.25) is 4.90 Å². The van der Waals surface area contributed by atoms with E-state index >= 15 is 0 Å². The summed E-state index contributed by atoms with van der Waals surface area (Å²) in [5.41, 5.74) is 2.04. The minimum atomic E-state index is 0.517. The summed E-state index contributed by atoms with van der Waals surface area (Å²) in [4.78, 5) is 2.66. The number of benzene rings is 1. The van der Waals surface area contributed by atoms with Crippen LogP contribution in [0, 0.1) is 5.41 Å². The lowest BCUT2D eigenvalue weighted by Gasteiger charge is -2.45. The van der Waals surface area contributed by atoms with Gasteiger partial charge in [0, 0.05) is 32.2 Å². The Morgan fingerprint density at radius 2 is 2.06 bits per heavy atom. The van der Waals surface area contributed by atoms with Crippen molar-refractivity contribution in [3.63, 3.8) is 0 Å². The molecule has 18 heavy (non-hydrogen) atoms.